The highest BCUT2D eigenvalue weighted by Crippen LogP contribution is 2.33. The Hall–Kier alpha value is -3.02. The number of piperazine rings is 1. The van der Waals surface area contributed by atoms with E-state index in [-0.39, 0.29) is 37.0 Å². The Morgan fingerprint density at radius 1 is 1.10 bits per heavy atom. The van der Waals surface area contributed by atoms with E-state index in [0.29, 0.717) is 24.5 Å². The van der Waals surface area contributed by atoms with Crippen LogP contribution in [0.1, 0.15) is 0 Å². The molecule has 1 unspecified atom stereocenters. The summed E-state index contributed by atoms with van der Waals surface area (Å²) in [4.78, 5) is 32.1. The van der Waals surface area contributed by atoms with Crippen molar-refractivity contribution in [3.63, 3.8) is 0 Å². The number of nitrogens with zero attached hydrogens (tertiary/aromatic N) is 4. The Labute approximate surface area is 180 Å². The number of carbonyl (C=O) groups is 2. The zero-order chi connectivity index (χ0) is 22.0. The Morgan fingerprint density at radius 3 is 2.52 bits per heavy atom. The first-order valence-corrected chi connectivity index (χ1v) is 11.3. The molecule has 4 rings (SSSR count). The number of rotatable bonds is 5. The van der Waals surface area contributed by atoms with Gasteiger partial charge in [0.05, 0.1) is 18.8 Å². The molecule has 1 fully saturated rings. The topological polar surface area (TPSA) is 126 Å². The standard InChI is InChI=1S/C20H23N5O5S/c21-20(27)18-13-25(16-5-1-2-6-17(16)30-18)19(26)14-23-8-10-24(11-9-23)31(28,29)15-4-3-7-22-12-15/h1-7,12,18H,8-11,13-14H2,(H2,21,27). The van der Waals surface area contributed by atoms with Crippen LogP contribution in [0.25, 0.3) is 0 Å². The maximum Gasteiger partial charge on any atom is 0.260 e. The van der Waals surface area contributed by atoms with Crippen molar-refractivity contribution in [2.75, 3.05) is 44.2 Å². The summed E-state index contributed by atoms with van der Waals surface area (Å²) in [7, 11) is -3.61. The zero-order valence-electron chi connectivity index (χ0n) is 16.8. The number of anilines is 1. The molecule has 0 radical (unpaired) electrons. The molecule has 1 atom stereocenters. The van der Waals surface area contributed by atoms with Gasteiger partial charge < -0.3 is 15.4 Å². The summed E-state index contributed by atoms with van der Waals surface area (Å²) in [5, 5.41) is 0. The van der Waals surface area contributed by atoms with E-state index < -0.39 is 22.0 Å². The Kier molecular flexibility index (Phi) is 5.90. The van der Waals surface area contributed by atoms with Crippen LogP contribution >= 0.6 is 0 Å². The van der Waals surface area contributed by atoms with Crippen LogP contribution in [0.2, 0.25) is 0 Å². The summed E-state index contributed by atoms with van der Waals surface area (Å²) < 4.78 is 32.5. The molecular formula is C20H23N5O5S. The first kappa shape index (κ1) is 21.2. The van der Waals surface area contributed by atoms with E-state index in [9.17, 15) is 18.0 Å². The van der Waals surface area contributed by atoms with E-state index in [1.54, 1.807) is 30.3 Å². The molecule has 2 aliphatic rings. The molecule has 1 aromatic carbocycles. The van der Waals surface area contributed by atoms with Crippen molar-refractivity contribution in [1.29, 1.82) is 0 Å². The molecule has 11 heteroatoms. The van der Waals surface area contributed by atoms with Gasteiger partial charge in [-0.25, -0.2) is 8.42 Å². The van der Waals surface area contributed by atoms with E-state index in [4.69, 9.17) is 10.5 Å². The molecule has 1 saturated heterocycles. The van der Waals surface area contributed by atoms with Crippen LogP contribution in [0.15, 0.2) is 53.7 Å². The number of nitrogens with two attached hydrogens (primary N) is 1. The molecular weight excluding hydrogens is 422 g/mol. The summed E-state index contributed by atoms with van der Waals surface area (Å²) in [5.74, 6) is -0.412. The lowest BCUT2D eigenvalue weighted by Crippen LogP contribution is -2.54. The van der Waals surface area contributed by atoms with Gasteiger partial charge in [-0.1, -0.05) is 12.1 Å². The number of sulfonamides is 1. The van der Waals surface area contributed by atoms with E-state index in [2.05, 4.69) is 4.98 Å². The second-order valence-electron chi connectivity index (χ2n) is 7.35. The van der Waals surface area contributed by atoms with Crippen LogP contribution in [0.5, 0.6) is 5.75 Å². The molecule has 0 spiro atoms. The van der Waals surface area contributed by atoms with E-state index in [1.165, 1.54) is 27.7 Å². The molecule has 164 valence electrons. The Bertz CT molecular complexity index is 1070. The van der Waals surface area contributed by atoms with E-state index in [1.807, 2.05) is 4.90 Å². The summed E-state index contributed by atoms with van der Waals surface area (Å²) in [6.45, 7) is 1.51. The first-order valence-electron chi connectivity index (χ1n) is 9.84. The lowest BCUT2D eigenvalue weighted by molar-refractivity contribution is -0.125. The van der Waals surface area contributed by atoms with Crippen molar-refractivity contribution in [2.24, 2.45) is 5.73 Å². The van der Waals surface area contributed by atoms with Crippen LogP contribution < -0.4 is 15.4 Å². The fraction of sp³-hybridized carbons (Fsp3) is 0.350. The Morgan fingerprint density at radius 2 is 1.84 bits per heavy atom. The van der Waals surface area contributed by atoms with Gasteiger partial charge in [-0.05, 0) is 24.3 Å². The summed E-state index contributed by atoms with van der Waals surface area (Å²) in [6.07, 6.45) is 1.94. The second kappa shape index (κ2) is 8.61. The van der Waals surface area contributed by atoms with Gasteiger partial charge in [0.25, 0.3) is 5.91 Å². The number of carbonyl (C=O) groups excluding carboxylic acids is 2. The van der Waals surface area contributed by atoms with Gasteiger partial charge in [0.1, 0.15) is 10.6 Å². The molecule has 3 heterocycles. The number of hydrogen-bond donors (Lipinski definition) is 1. The number of primary amides is 1. The fourth-order valence-electron chi connectivity index (χ4n) is 3.67. The second-order valence-corrected chi connectivity index (χ2v) is 9.29. The molecule has 0 saturated carbocycles. The van der Waals surface area contributed by atoms with Crippen molar-refractivity contribution < 1.29 is 22.7 Å². The number of fused-ring (bicyclic) bond motifs is 1. The maximum absolute atomic E-state index is 13.0. The molecule has 0 bridgehead atoms. The monoisotopic (exact) mass is 445 g/mol. The quantitative estimate of drug-likeness (QED) is 0.668. The summed E-state index contributed by atoms with van der Waals surface area (Å²) in [5.41, 5.74) is 5.98. The molecule has 2 aromatic rings. The number of amides is 2. The van der Waals surface area contributed by atoms with Crippen LogP contribution in [-0.4, -0.2) is 79.8 Å². The molecule has 2 amide bonds. The Balaban J connectivity index is 1.41. The minimum Gasteiger partial charge on any atom is -0.477 e. The first-order chi connectivity index (χ1) is 14.9. The number of aromatic nitrogens is 1. The third-order valence-corrected chi connectivity index (χ3v) is 7.24. The summed E-state index contributed by atoms with van der Waals surface area (Å²) in [6, 6.07) is 10.1. The molecule has 1 aromatic heterocycles. The predicted octanol–water partition coefficient (Wildman–Crippen LogP) is -0.333. The molecule has 31 heavy (non-hydrogen) atoms. The largest absolute Gasteiger partial charge is 0.477 e. The van der Waals surface area contributed by atoms with Gasteiger partial charge in [-0.2, -0.15) is 4.31 Å². The number of pyridine rings is 1. The number of para-hydroxylation sites is 2. The van der Waals surface area contributed by atoms with Gasteiger partial charge in [-0.15, -0.1) is 0 Å². The molecule has 0 aliphatic carbocycles. The maximum atomic E-state index is 13.0. The lowest BCUT2D eigenvalue weighted by atomic mass is 10.1. The highest BCUT2D eigenvalue weighted by atomic mass is 32.2. The van der Waals surface area contributed by atoms with Crippen LogP contribution in [0, 0.1) is 0 Å². The highest BCUT2D eigenvalue weighted by molar-refractivity contribution is 7.89. The number of hydrogen-bond acceptors (Lipinski definition) is 7. The number of benzene rings is 1. The average Bonchev–Trinajstić information content (AvgIpc) is 2.79. The fourth-order valence-corrected chi connectivity index (χ4v) is 5.06. The van der Waals surface area contributed by atoms with Crippen molar-refractivity contribution in [1.82, 2.24) is 14.2 Å². The normalized spacial score (nSPS) is 20.0. The number of ether oxygens (including phenoxy) is 1. The predicted molar refractivity (Wildman–Crippen MR) is 112 cm³/mol. The highest BCUT2D eigenvalue weighted by Gasteiger charge is 2.34. The lowest BCUT2D eigenvalue weighted by Gasteiger charge is -2.37. The van der Waals surface area contributed by atoms with Crippen molar-refractivity contribution >= 4 is 27.5 Å². The molecule has 2 aliphatic heterocycles. The minimum absolute atomic E-state index is 0.0422. The zero-order valence-corrected chi connectivity index (χ0v) is 17.6. The third kappa shape index (κ3) is 4.38. The summed E-state index contributed by atoms with van der Waals surface area (Å²) >= 11 is 0. The third-order valence-electron chi connectivity index (χ3n) is 5.35. The van der Waals surface area contributed by atoms with Gasteiger partial charge >= 0.3 is 0 Å². The van der Waals surface area contributed by atoms with Gasteiger partial charge in [0.2, 0.25) is 15.9 Å². The molecule has 2 N–H and O–H groups in total. The van der Waals surface area contributed by atoms with E-state index >= 15 is 0 Å². The smallest absolute Gasteiger partial charge is 0.260 e. The van der Waals surface area contributed by atoms with Gasteiger partial charge in [-0.3, -0.25) is 19.5 Å². The van der Waals surface area contributed by atoms with Crippen molar-refractivity contribution in [3.05, 3.63) is 48.8 Å². The van der Waals surface area contributed by atoms with Gasteiger partial charge in [0.15, 0.2) is 6.10 Å². The van der Waals surface area contributed by atoms with E-state index in [0.717, 1.165) is 0 Å². The average molecular weight is 446 g/mol. The minimum atomic E-state index is -3.61. The SMILES string of the molecule is NC(=O)C1CN(C(=O)CN2CCN(S(=O)(=O)c3cccnc3)CC2)c2ccccc2O1. The van der Waals surface area contributed by atoms with Crippen molar-refractivity contribution in [3.8, 4) is 5.75 Å². The van der Waals surface area contributed by atoms with Crippen LogP contribution in [0.4, 0.5) is 5.69 Å². The van der Waals surface area contributed by atoms with Gasteiger partial charge in [0, 0.05) is 38.6 Å². The van der Waals surface area contributed by atoms with Crippen molar-refractivity contribution in [2.45, 2.75) is 11.0 Å². The van der Waals surface area contributed by atoms with Crippen LogP contribution in [-0.2, 0) is 19.6 Å². The molecule has 10 nitrogen and oxygen atoms in total. The van der Waals surface area contributed by atoms with Crippen LogP contribution in [0.3, 0.4) is 0 Å².